The van der Waals surface area contributed by atoms with Crippen LogP contribution in [0.1, 0.15) is 31.4 Å². The Bertz CT molecular complexity index is 607. The molecule has 1 N–H and O–H groups in total. The van der Waals surface area contributed by atoms with Crippen LogP contribution >= 0.6 is 0 Å². The minimum Gasteiger partial charge on any atom is -0.310 e. The fraction of sp³-hybridized carbons (Fsp3) is 0.375. The number of benzene rings is 2. The van der Waals surface area contributed by atoms with Crippen molar-refractivity contribution in [1.82, 2.24) is 5.32 Å². The molecule has 0 amide bonds. The first-order chi connectivity index (χ1) is 9.92. The molecule has 0 aromatic heterocycles. The average Bonchev–Trinajstić information content (AvgIpc) is 2.44. The van der Waals surface area contributed by atoms with E-state index in [1.165, 1.54) is 6.07 Å². The molecule has 0 aliphatic rings. The second-order valence-corrected chi connectivity index (χ2v) is 4.95. The number of alkyl halides is 3. The van der Waals surface area contributed by atoms with E-state index in [9.17, 15) is 17.6 Å². The Balaban J connectivity index is 2.38. The summed E-state index contributed by atoms with van der Waals surface area (Å²) >= 11 is 0. The van der Waals surface area contributed by atoms with Crippen molar-refractivity contribution in [3.05, 3.63) is 47.8 Å². The Kier molecular flexibility index (Phi) is 4.83. The van der Waals surface area contributed by atoms with Gasteiger partial charge in [0.2, 0.25) is 0 Å². The first kappa shape index (κ1) is 15.8. The fourth-order valence-electron chi connectivity index (χ4n) is 2.51. The molecule has 0 radical (unpaired) electrons. The lowest BCUT2D eigenvalue weighted by molar-refractivity contribution is -0.136. The Hall–Kier alpha value is -1.62. The summed E-state index contributed by atoms with van der Waals surface area (Å²) in [4.78, 5) is 0. The van der Waals surface area contributed by atoms with Gasteiger partial charge in [0.1, 0.15) is 5.82 Å². The molecule has 0 saturated carbocycles. The molecule has 5 heteroatoms. The standard InChI is InChI=1S/C16H17F4N/c1-2-21-15(9-10-16(18,19)20)13-7-8-14(17)12-6-4-3-5-11(12)13/h3-8,15,21H,2,9-10H2,1H3. The largest absolute Gasteiger partial charge is 0.389 e. The van der Waals surface area contributed by atoms with Gasteiger partial charge in [-0.1, -0.05) is 37.3 Å². The zero-order valence-corrected chi connectivity index (χ0v) is 11.7. The third-order valence-corrected chi connectivity index (χ3v) is 3.45. The summed E-state index contributed by atoms with van der Waals surface area (Å²) in [5.41, 5.74) is 0.707. The van der Waals surface area contributed by atoms with Crippen molar-refractivity contribution in [3.8, 4) is 0 Å². The molecule has 2 aromatic carbocycles. The third-order valence-electron chi connectivity index (χ3n) is 3.45. The van der Waals surface area contributed by atoms with Gasteiger partial charge in [-0.25, -0.2) is 4.39 Å². The summed E-state index contributed by atoms with van der Waals surface area (Å²) in [6, 6.07) is 9.30. The van der Waals surface area contributed by atoms with Gasteiger partial charge in [0.05, 0.1) is 0 Å². The highest BCUT2D eigenvalue weighted by Gasteiger charge is 2.29. The van der Waals surface area contributed by atoms with Crippen molar-refractivity contribution in [3.63, 3.8) is 0 Å². The Morgan fingerprint density at radius 2 is 1.71 bits per heavy atom. The van der Waals surface area contributed by atoms with Crippen LogP contribution in [0.15, 0.2) is 36.4 Å². The maximum atomic E-state index is 13.8. The van der Waals surface area contributed by atoms with E-state index in [4.69, 9.17) is 0 Å². The minimum absolute atomic E-state index is 0.0625. The van der Waals surface area contributed by atoms with Crippen molar-refractivity contribution in [1.29, 1.82) is 0 Å². The molecule has 0 aliphatic heterocycles. The molecule has 0 bridgehead atoms. The van der Waals surface area contributed by atoms with E-state index in [1.807, 2.05) is 6.92 Å². The highest BCUT2D eigenvalue weighted by molar-refractivity contribution is 5.86. The maximum Gasteiger partial charge on any atom is 0.389 e. The molecule has 2 aromatic rings. The topological polar surface area (TPSA) is 12.0 Å². The third kappa shape index (κ3) is 3.94. The van der Waals surface area contributed by atoms with Crippen molar-refractivity contribution in [2.45, 2.75) is 32.0 Å². The van der Waals surface area contributed by atoms with Gasteiger partial charge in [0.25, 0.3) is 0 Å². The van der Waals surface area contributed by atoms with Gasteiger partial charge in [-0.2, -0.15) is 13.2 Å². The van der Waals surface area contributed by atoms with Crippen molar-refractivity contribution in [2.24, 2.45) is 0 Å². The lowest BCUT2D eigenvalue weighted by atomic mass is 9.95. The molecular weight excluding hydrogens is 282 g/mol. The molecule has 0 spiro atoms. The zero-order chi connectivity index (χ0) is 15.5. The number of fused-ring (bicyclic) bond motifs is 1. The van der Waals surface area contributed by atoms with Crippen LogP contribution in [0.25, 0.3) is 10.8 Å². The van der Waals surface area contributed by atoms with E-state index < -0.39 is 18.6 Å². The fourth-order valence-corrected chi connectivity index (χ4v) is 2.51. The molecule has 1 nitrogen and oxygen atoms in total. The van der Waals surface area contributed by atoms with Crippen LogP contribution in [0.5, 0.6) is 0 Å². The summed E-state index contributed by atoms with van der Waals surface area (Å²) in [7, 11) is 0. The van der Waals surface area contributed by atoms with E-state index in [-0.39, 0.29) is 12.2 Å². The van der Waals surface area contributed by atoms with Gasteiger partial charge in [-0.05, 0) is 30.0 Å². The number of halogens is 4. The second kappa shape index (κ2) is 6.43. The van der Waals surface area contributed by atoms with E-state index in [2.05, 4.69) is 5.32 Å². The lowest BCUT2D eigenvalue weighted by Gasteiger charge is -2.21. The van der Waals surface area contributed by atoms with Crippen LogP contribution < -0.4 is 5.32 Å². The van der Waals surface area contributed by atoms with E-state index >= 15 is 0 Å². The summed E-state index contributed by atoms with van der Waals surface area (Å²) in [5, 5.41) is 4.15. The van der Waals surface area contributed by atoms with Crippen molar-refractivity contribution < 1.29 is 17.6 Å². The highest BCUT2D eigenvalue weighted by atomic mass is 19.4. The van der Waals surface area contributed by atoms with E-state index in [0.717, 1.165) is 0 Å². The molecule has 0 aliphatic carbocycles. The summed E-state index contributed by atoms with van der Waals surface area (Å²) in [5.74, 6) is -0.361. The molecule has 21 heavy (non-hydrogen) atoms. The molecule has 1 unspecified atom stereocenters. The molecule has 0 heterocycles. The molecular formula is C16H17F4N. The Labute approximate surface area is 121 Å². The van der Waals surface area contributed by atoms with Crippen LogP contribution in [0, 0.1) is 5.82 Å². The number of nitrogens with one attached hydrogen (secondary N) is 1. The normalized spacial score (nSPS) is 13.6. The van der Waals surface area contributed by atoms with Crippen LogP contribution in [0.3, 0.4) is 0 Å². The number of hydrogen-bond acceptors (Lipinski definition) is 1. The Morgan fingerprint density at radius 3 is 2.33 bits per heavy atom. The van der Waals surface area contributed by atoms with Crippen LogP contribution in [0.4, 0.5) is 17.6 Å². The molecule has 2 rings (SSSR count). The van der Waals surface area contributed by atoms with Gasteiger partial charge in [-0.3, -0.25) is 0 Å². The molecule has 0 fully saturated rings. The predicted molar refractivity (Wildman–Crippen MR) is 75.6 cm³/mol. The quantitative estimate of drug-likeness (QED) is 0.768. The van der Waals surface area contributed by atoms with Gasteiger partial charge >= 0.3 is 6.18 Å². The van der Waals surface area contributed by atoms with E-state index in [0.29, 0.717) is 22.9 Å². The van der Waals surface area contributed by atoms with E-state index in [1.54, 1.807) is 30.3 Å². The molecule has 114 valence electrons. The van der Waals surface area contributed by atoms with Crippen molar-refractivity contribution in [2.75, 3.05) is 6.54 Å². The van der Waals surface area contributed by atoms with Crippen LogP contribution in [0.2, 0.25) is 0 Å². The second-order valence-electron chi connectivity index (χ2n) is 4.95. The van der Waals surface area contributed by atoms with Gasteiger partial charge in [0, 0.05) is 17.8 Å². The first-order valence-electron chi connectivity index (χ1n) is 6.89. The number of rotatable bonds is 5. The van der Waals surface area contributed by atoms with Gasteiger partial charge in [-0.15, -0.1) is 0 Å². The van der Waals surface area contributed by atoms with Crippen LogP contribution in [-0.2, 0) is 0 Å². The number of hydrogen-bond donors (Lipinski definition) is 1. The predicted octanol–water partition coefficient (Wildman–Crippen LogP) is 4.97. The smallest absolute Gasteiger partial charge is 0.310 e. The monoisotopic (exact) mass is 299 g/mol. The van der Waals surface area contributed by atoms with Gasteiger partial charge < -0.3 is 5.32 Å². The average molecular weight is 299 g/mol. The molecule has 1 atom stereocenters. The van der Waals surface area contributed by atoms with Gasteiger partial charge in [0.15, 0.2) is 0 Å². The summed E-state index contributed by atoms with van der Waals surface area (Å²) < 4.78 is 51.2. The summed E-state index contributed by atoms with van der Waals surface area (Å²) in [6.07, 6.45) is -5.12. The minimum atomic E-state index is -4.19. The first-order valence-corrected chi connectivity index (χ1v) is 6.89. The molecule has 0 saturated heterocycles. The lowest BCUT2D eigenvalue weighted by Crippen LogP contribution is -2.23. The highest BCUT2D eigenvalue weighted by Crippen LogP contribution is 2.32. The zero-order valence-electron chi connectivity index (χ0n) is 11.7. The van der Waals surface area contributed by atoms with Crippen molar-refractivity contribution >= 4 is 10.8 Å². The SMILES string of the molecule is CCNC(CCC(F)(F)F)c1ccc(F)c2ccccc12. The van der Waals surface area contributed by atoms with Crippen LogP contribution in [-0.4, -0.2) is 12.7 Å². The Morgan fingerprint density at radius 1 is 1.05 bits per heavy atom. The summed E-state index contributed by atoms with van der Waals surface area (Å²) in [6.45, 7) is 2.39. The maximum absolute atomic E-state index is 13.8.